The largest absolute Gasteiger partial charge is 0.497 e. The van der Waals surface area contributed by atoms with Crippen LogP contribution in [0.4, 0.5) is 0 Å². The van der Waals surface area contributed by atoms with Gasteiger partial charge in [-0.05, 0) is 36.6 Å². The van der Waals surface area contributed by atoms with Crippen LogP contribution in [0.25, 0.3) is 10.9 Å². The molecule has 1 saturated heterocycles. The molecule has 0 spiro atoms. The molecule has 1 amide bonds. The highest BCUT2D eigenvalue weighted by molar-refractivity contribution is 6.06. The van der Waals surface area contributed by atoms with Gasteiger partial charge in [-0.3, -0.25) is 14.5 Å². The minimum atomic E-state index is -0.174. The summed E-state index contributed by atoms with van der Waals surface area (Å²) in [6, 6.07) is 17.2. The van der Waals surface area contributed by atoms with E-state index in [1.165, 1.54) is 11.6 Å². The van der Waals surface area contributed by atoms with Crippen LogP contribution in [0.3, 0.4) is 0 Å². The number of aryl methyl sites for hydroxylation is 1. The summed E-state index contributed by atoms with van der Waals surface area (Å²) in [6.45, 7) is 2.70. The Morgan fingerprint density at radius 3 is 2.63 bits per heavy atom. The highest BCUT2D eigenvalue weighted by Crippen LogP contribution is 2.19. The van der Waals surface area contributed by atoms with E-state index in [4.69, 9.17) is 4.74 Å². The molecule has 3 aromatic rings. The van der Waals surface area contributed by atoms with Crippen LogP contribution in [0.15, 0.2) is 59.4 Å². The molecule has 2 heterocycles. The first-order valence-electron chi connectivity index (χ1n) is 10.3. The number of methoxy groups -OCH3 is 1. The predicted molar refractivity (Wildman–Crippen MR) is 118 cm³/mol. The first-order valence-corrected chi connectivity index (χ1v) is 10.3. The molecule has 6 nitrogen and oxygen atoms in total. The fraction of sp³-hybridized carbons (Fsp3) is 0.333. The molecule has 1 fully saturated rings. The van der Waals surface area contributed by atoms with Gasteiger partial charge in [-0.25, -0.2) is 0 Å². The molecule has 0 atom stereocenters. The van der Waals surface area contributed by atoms with Crippen molar-refractivity contribution in [2.24, 2.45) is 7.05 Å². The van der Waals surface area contributed by atoms with Gasteiger partial charge in [-0.1, -0.05) is 30.3 Å². The van der Waals surface area contributed by atoms with E-state index < -0.39 is 0 Å². The van der Waals surface area contributed by atoms with Gasteiger partial charge in [0, 0.05) is 44.2 Å². The minimum Gasteiger partial charge on any atom is -0.497 e. The topological polar surface area (TPSA) is 63.6 Å². The molecule has 1 N–H and O–H groups in total. The molecule has 1 aromatic heterocycles. The number of nitrogens with one attached hydrogen (secondary N) is 1. The normalized spacial score (nSPS) is 15.3. The number of pyridine rings is 1. The molecule has 0 bridgehead atoms. The molecular weight excluding hydrogens is 378 g/mol. The molecule has 2 aromatic carbocycles. The van der Waals surface area contributed by atoms with Gasteiger partial charge in [0.2, 0.25) is 0 Å². The number of nitrogens with zero attached hydrogens (tertiary/aromatic N) is 2. The number of piperidine rings is 1. The number of hydrogen-bond donors (Lipinski definition) is 1. The number of para-hydroxylation sites is 1. The number of carbonyl (C=O) groups excluding carboxylic acids is 1. The Hall–Kier alpha value is -3.12. The third-order valence-corrected chi connectivity index (χ3v) is 5.86. The van der Waals surface area contributed by atoms with E-state index >= 15 is 0 Å². The quantitative estimate of drug-likeness (QED) is 0.709. The third-order valence-electron chi connectivity index (χ3n) is 5.86. The Morgan fingerprint density at radius 2 is 1.87 bits per heavy atom. The SMILES string of the molecule is COc1cccc(CN2CCC(NC(=O)c3cc(=O)n(C)c4ccccc34)CC2)c1. The van der Waals surface area contributed by atoms with Gasteiger partial charge in [-0.2, -0.15) is 0 Å². The number of benzene rings is 2. The molecular formula is C24H27N3O3. The smallest absolute Gasteiger partial charge is 0.252 e. The van der Waals surface area contributed by atoms with Gasteiger partial charge < -0.3 is 14.6 Å². The average molecular weight is 405 g/mol. The van der Waals surface area contributed by atoms with Crippen LogP contribution in [-0.2, 0) is 13.6 Å². The summed E-state index contributed by atoms with van der Waals surface area (Å²) in [5.74, 6) is 0.700. The first-order chi connectivity index (χ1) is 14.5. The number of aromatic nitrogens is 1. The predicted octanol–water partition coefficient (Wildman–Crippen LogP) is 2.94. The maximum atomic E-state index is 12.9. The zero-order chi connectivity index (χ0) is 21.1. The van der Waals surface area contributed by atoms with E-state index in [-0.39, 0.29) is 17.5 Å². The summed E-state index contributed by atoms with van der Waals surface area (Å²) in [7, 11) is 3.41. The summed E-state index contributed by atoms with van der Waals surface area (Å²) in [6.07, 6.45) is 1.77. The standard InChI is InChI=1S/C24H27N3O3/c1-26-22-9-4-3-8-20(22)21(15-23(26)28)24(29)25-18-10-12-27(13-11-18)16-17-6-5-7-19(14-17)30-2/h3-9,14-15,18H,10-13,16H2,1-2H3,(H,25,29). The molecule has 0 aliphatic carbocycles. The summed E-state index contributed by atoms with van der Waals surface area (Å²) in [5.41, 5.74) is 2.27. The molecule has 1 aliphatic rings. The van der Waals surface area contributed by atoms with E-state index in [0.29, 0.717) is 5.56 Å². The van der Waals surface area contributed by atoms with Crippen molar-refractivity contribution >= 4 is 16.8 Å². The van der Waals surface area contributed by atoms with Gasteiger partial charge in [-0.15, -0.1) is 0 Å². The lowest BCUT2D eigenvalue weighted by atomic mass is 10.0. The zero-order valence-electron chi connectivity index (χ0n) is 17.4. The summed E-state index contributed by atoms with van der Waals surface area (Å²) < 4.78 is 6.88. The van der Waals surface area contributed by atoms with Crippen LogP contribution < -0.4 is 15.6 Å². The number of ether oxygens (including phenoxy) is 1. The van der Waals surface area contributed by atoms with Crippen molar-refractivity contribution in [3.63, 3.8) is 0 Å². The Balaban J connectivity index is 1.40. The van der Waals surface area contributed by atoms with Gasteiger partial charge in [0.1, 0.15) is 5.75 Å². The lowest BCUT2D eigenvalue weighted by Gasteiger charge is -2.32. The summed E-state index contributed by atoms with van der Waals surface area (Å²) >= 11 is 0. The Labute approximate surface area is 176 Å². The van der Waals surface area contributed by atoms with Crippen molar-refractivity contribution in [2.75, 3.05) is 20.2 Å². The third kappa shape index (κ3) is 4.24. The fourth-order valence-corrected chi connectivity index (χ4v) is 4.13. The highest BCUT2D eigenvalue weighted by Gasteiger charge is 2.22. The lowest BCUT2D eigenvalue weighted by molar-refractivity contribution is 0.0910. The van der Waals surface area contributed by atoms with Gasteiger partial charge in [0.15, 0.2) is 0 Å². The number of amides is 1. The van der Waals surface area contributed by atoms with Crippen molar-refractivity contribution in [3.05, 3.63) is 76.1 Å². The maximum absolute atomic E-state index is 12.9. The van der Waals surface area contributed by atoms with Gasteiger partial charge in [0.05, 0.1) is 18.2 Å². The number of rotatable bonds is 5. The van der Waals surface area contributed by atoms with E-state index in [9.17, 15) is 9.59 Å². The molecule has 0 radical (unpaired) electrons. The summed E-state index contributed by atoms with van der Waals surface area (Å²) in [5, 5.41) is 3.94. The second-order valence-electron chi connectivity index (χ2n) is 7.85. The van der Waals surface area contributed by atoms with E-state index in [0.717, 1.165) is 49.1 Å². The van der Waals surface area contributed by atoms with Crippen molar-refractivity contribution < 1.29 is 9.53 Å². The van der Waals surface area contributed by atoms with E-state index in [1.54, 1.807) is 18.7 Å². The van der Waals surface area contributed by atoms with Crippen LogP contribution in [0.2, 0.25) is 0 Å². The maximum Gasteiger partial charge on any atom is 0.252 e. The average Bonchev–Trinajstić information content (AvgIpc) is 2.77. The molecule has 156 valence electrons. The Bertz CT molecular complexity index is 1110. The van der Waals surface area contributed by atoms with Crippen molar-refractivity contribution in [2.45, 2.75) is 25.4 Å². The monoisotopic (exact) mass is 405 g/mol. The molecule has 6 heteroatoms. The van der Waals surface area contributed by atoms with Crippen LogP contribution in [-0.4, -0.2) is 41.6 Å². The fourth-order valence-electron chi connectivity index (χ4n) is 4.13. The van der Waals surface area contributed by atoms with Gasteiger partial charge in [0.25, 0.3) is 11.5 Å². The van der Waals surface area contributed by atoms with Crippen molar-refractivity contribution in [1.29, 1.82) is 0 Å². The van der Waals surface area contributed by atoms with E-state index in [2.05, 4.69) is 22.3 Å². The lowest BCUT2D eigenvalue weighted by Crippen LogP contribution is -2.44. The van der Waals surface area contributed by atoms with E-state index in [1.807, 2.05) is 36.4 Å². The zero-order valence-corrected chi connectivity index (χ0v) is 17.4. The molecule has 4 rings (SSSR count). The number of fused-ring (bicyclic) bond motifs is 1. The van der Waals surface area contributed by atoms with Crippen LogP contribution in [0.5, 0.6) is 5.75 Å². The molecule has 1 aliphatic heterocycles. The van der Waals surface area contributed by atoms with Crippen LogP contribution in [0.1, 0.15) is 28.8 Å². The Morgan fingerprint density at radius 1 is 1.10 bits per heavy atom. The van der Waals surface area contributed by atoms with Gasteiger partial charge >= 0.3 is 0 Å². The second kappa shape index (κ2) is 8.71. The Kier molecular flexibility index (Phi) is 5.86. The highest BCUT2D eigenvalue weighted by atomic mass is 16.5. The number of likely N-dealkylation sites (tertiary alicyclic amines) is 1. The second-order valence-corrected chi connectivity index (χ2v) is 7.85. The molecule has 0 saturated carbocycles. The van der Waals surface area contributed by atoms with Crippen LogP contribution in [0, 0.1) is 0 Å². The molecule has 0 unspecified atom stereocenters. The van der Waals surface area contributed by atoms with Crippen molar-refractivity contribution in [3.8, 4) is 5.75 Å². The molecule has 30 heavy (non-hydrogen) atoms. The minimum absolute atomic E-state index is 0.113. The van der Waals surface area contributed by atoms with Crippen molar-refractivity contribution in [1.82, 2.24) is 14.8 Å². The number of carbonyl (C=O) groups is 1. The number of hydrogen-bond acceptors (Lipinski definition) is 4. The summed E-state index contributed by atoms with van der Waals surface area (Å²) in [4.78, 5) is 27.6. The van der Waals surface area contributed by atoms with Crippen LogP contribution >= 0.6 is 0 Å². The first kappa shape index (κ1) is 20.2.